The highest BCUT2D eigenvalue weighted by Crippen LogP contribution is 2.10. The number of allylic oxidation sites excluding steroid dienone is 1. The van der Waals surface area contributed by atoms with Crippen LogP contribution in [0.4, 0.5) is 0 Å². The third-order valence-electron chi connectivity index (χ3n) is 1.43. The molecule has 0 N–H and O–H groups in total. The SMILES string of the molecule is C=C(C)[C@H](C)CC(C)=O. The van der Waals surface area contributed by atoms with Crippen LogP contribution in [0, 0.1) is 5.92 Å². The van der Waals surface area contributed by atoms with E-state index in [0.29, 0.717) is 12.3 Å². The Morgan fingerprint density at radius 2 is 2.00 bits per heavy atom. The van der Waals surface area contributed by atoms with Crippen molar-refractivity contribution in [3.63, 3.8) is 0 Å². The number of hydrogen-bond acceptors (Lipinski definition) is 1. The van der Waals surface area contributed by atoms with Crippen LogP contribution in [0.3, 0.4) is 0 Å². The Morgan fingerprint density at radius 3 is 2.11 bits per heavy atom. The van der Waals surface area contributed by atoms with Crippen LogP contribution in [-0.4, -0.2) is 5.78 Å². The highest BCUT2D eigenvalue weighted by molar-refractivity contribution is 5.75. The van der Waals surface area contributed by atoms with Crippen molar-refractivity contribution in [1.29, 1.82) is 0 Å². The van der Waals surface area contributed by atoms with Gasteiger partial charge in [-0.1, -0.05) is 19.1 Å². The molecule has 0 aliphatic carbocycles. The van der Waals surface area contributed by atoms with Gasteiger partial charge in [-0.2, -0.15) is 0 Å². The zero-order valence-electron chi connectivity index (χ0n) is 6.40. The Labute approximate surface area is 56.8 Å². The van der Waals surface area contributed by atoms with Gasteiger partial charge >= 0.3 is 0 Å². The van der Waals surface area contributed by atoms with Gasteiger partial charge < -0.3 is 4.79 Å². The summed E-state index contributed by atoms with van der Waals surface area (Å²) in [5, 5.41) is 0. The summed E-state index contributed by atoms with van der Waals surface area (Å²) in [5.74, 6) is 0.591. The van der Waals surface area contributed by atoms with Gasteiger partial charge in [-0.05, 0) is 19.8 Å². The molecule has 1 nitrogen and oxygen atoms in total. The van der Waals surface area contributed by atoms with E-state index in [9.17, 15) is 4.79 Å². The molecule has 0 heterocycles. The largest absolute Gasteiger partial charge is 0.300 e. The lowest BCUT2D eigenvalue weighted by Crippen LogP contribution is -2.01. The highest BCUT2D eigenvalue weighted by atomic mass is 16.1. The van der Waals surface area contributed by atoms with Gasteiger partial charge in [0.25, 0.3) is 0 Å². The van der Waals surface area contributed by atoms with Gasteiger partial charge in [0, 0.05) is 6.42 Å². The molecule has 0 aliphatic rings. The van der Waals surface area contributed by atoms with E-state index in [-0.39, 0.29) is 5.78 Å². The van der Waals surface area contributed by atoms with Gasteiger partial charge in [0.05, 0.1) is 0 Å². The van der Waals surface area contributed by atoms with Gasteiger partial charge in [0.15, 0.2) is 0 Å². The second kappa shape index (κ2) is 3.44. The summed E-state index contributed by atoms with van der Waals surface area (Å²) in [7, 11) is 0. The van der Waals surface area contributed by atoms with E-state index in [1.807, 2.05) is 13.8 Å². The molecule has 0 spiro atoms. The summed E-state index contributed by atoms with van der Waals surface area (Å²) in [6.45, 7) is 9.34. The van der Waals surface area contributed by atoms with Crippen LogP contribution in [0.25, 0.3) is 0 Å². The van der Waals surface area contributed by atoms with Crippen molar-refractivity contribution in [2.75, 3.05) is 0 Å². The van der Waals surface area contributed by atoms with Crippen molar-refractivity contribution in [1.82, 2.24) is 0 Å². The third kappa shape index (κ3) is 3.95. The average Bonchev–Trinajstić information content (AvgIpc) is 1.63. The minimum atomic E-state index is 0.241. The maximum Gasteiger partial charge on any atom is 0.130 e. The molecule has 1 atom stereocenters. The Hall–Kier alpha value is -0.590. The minimum Gasteiger partial charge on any atom is -0.300 e. The normalized spacial score (nSPS) is 12.8. The first-order chi connectivity index (χ1) is 4.04. The molecule has 0 fully saturated rings. The average molecular weight is 126 g/mol. The lowest BCUT2D eigenvalue weighted by atomic mass is 9.99. The molecule has 0 aliphatic heterocycles. The van der Waals surface area contributed by atoms with Crippen LogP contribution in [0.15, 0.2) is 12.2 Å². The molecular formula is C8H14O. The number of hydrogen-bond donors (Lipinski definition) is 0. The Balaban J connectivity index is 3.63. The van der Waals surface area contributed by atoms with Crippen LogP contribution in [0.1, 0.15) is 27.2 Å². The molecule has 52 valence electrons. The van der Waals surface area contributed by atoms with Gasteiger partial charge in [-0.15, -0.1) is 0 Å². The summed E-state index contributed by atoms with van der Waals surface area (Å²) in [6.07, 6.45) is 0.634. The molecule has 0 aromatic carbocycles. The topological polar surface area (TPSA) is 17.1 Å². The number of carbonyl (C=O) groups excluding carboxylic acids is 1. The third-order valence-corrected chi connectivity index (χ3v) is 1.43. The van der Waals surface area contributed by atoms with Crippen molar-refractivity contribution in [3.05, 3.63) is 12.2 Å². The lowest BCUT2D eigenvalue weighted by Gasteiger charge is -2.06. The molecule has 0 bridgehead atoms. The quantitative estimate of drug-likeness (QED) is 0.530. The predicted molar refractivity (Wildman–Crippen MR) is 39.3 cm³/mol. The highest BCUT2D eigenvalue weighted by Gasteiger charge is 2.03. The maximum absolute atomic E-state index is 10.5. The molecular weight excluding hydrogens is 112 g/mol. The predicted octanol–water partition coefficient (Wildman–Crippen LogP) is 2.18. The summed E-state index contributed by atoms with van der Waals surface area (Å²) in [6, 6.07) is 0. The van der Waals surface area contributed by atoms with Crippen LogP contribution >= 0.6 is 0 Å². The van der Waals surface area contributed by atoms with Gasteiger partial charge in [0.1, 0.15) is 5.78 Å². The second-order valence-electron chi connectivity index (χ2n) is 2.65. The van der Waals surface area contributed by atoms with Crippen molar-refractivity contribution >= 4 is 5.78 Å². The molecule has 0 amide bonds. The summed E-state index contributed by atoms with van der Waals surface area (Å²) in [5.41, 5.74) is 1.09. The van der Waals surface area contributed by atoms with E-state index in [1.54, 1.807) is 6.92 Å². The van der Waals surface area contributed by atoms with E-state index >= 15 is 0 Å². The van der Waals surface area contributed by atoms with Gasteiger partial charge in [-0.3, -0.25) is 0 Å². The van der Waals surface area contributed by atoms with Crippen LogP contribution in [0.2, 0.25) is 0 Å². The van der Waals surface area contributed by atoms with Gasteiger partial charge in [0.2, 0.25) is 0 Å². The van der Waals surface area contributed by atoms with E-state index in [0.717, 1.165) is 5.57 Å². The fraction of sp³-hybridized carbons (Fsp3) is 0.625. The molecule has 0 aromatic heterocycles. The molecule has 0 saturated carbocycles. The smallest absolute Gasteiger partial charge is 0.130 e. The zero-order valence-corrected chi connectivity index (χ0v) is 6.40. The molecule has 0 rings (SSSR count). The van der Waals surface area contributed by atoms with Crippen LogP contribution in [-0.2, 0) is 4.79 Å². The summed E-state index contributed by atoms with van der Waals surface area (Å²) < 4.78 is 0. The Bertz CT molecular complexity index is 125. The molecule has 9 heavy (non-hydrogen) atoms. The first kappa shape index (κ1) is 8.41. The Kier molecular flexibility index (Phi) is 3.21. The maximum atomic E-state index is 10.5. The van der Waals surface area contributed by atoms with Crippen molar-refractivity contribution in [2.45, 2.75) is 27.2 Å². The van der Waals surface area contributed by atoms with E-state index in [2.05, 4.69) is 6.58 Å². The zero-order chi connectivity index (χ0) is 7.44. The fourth-order valence-electron chi connectivity index (χ4n) is 0.605. The second-order valence-corrected chi connectivity index (χ2v) is 2.65. The molecule has 0 unspecified atom stereocenters. The monoisotopic (exact) mass is 126 g/mol. The Morgan fingerprint density at radius 1 is 1.56 bits per heavy atom. The molecule has 0 radical (unpaired) electrons. The number of rotatable bonds is 3. The van der Waals surface area contributed by atoms with Gasteiger partial charge in [-0.25, -0.2) is 0 Å². The number of carbonyl (C=O) groups is 1. The van der Waals surface area contributed by atoms with Crippen LogP contribution in [0.5, 0.6) is 0 Å². The van der Waals surface area contributed by atoms with Crippen molar-refractivity contribution in [2.24, 2.45) is 5.92 Å². The first-order valence-corrected chi connectivity index (χ1v) is 3.19. The number of Topliss-reactive ketones (excluding diaryl/α,β-unsaturated/α-hetero) is 1. The first-order valence-electron chi connectivity index (χ1n) is 3.19. The molecule has 1 heteroatoms. The summed E-state index contributed by atoms with van der Waals surface area (Å²) >= 11 is 0. The van der Waals surface area contributed by atoms with E-state index < -0.39 is 0 Å². The lowest BCUT2D eigenvalue weighted by molar-refractivity contribution is -0.117. The fourth-order valence-corrected chi connectivity index (χ4v) is 0.605. The molecule has 0 aromatic rings. The number of ketones is 1. The van der Waals surface area contributed by atoms with Crippen molar-refractivity contribution < 1.29 is 4.79 Å². The molecule has 0 saturated heterocycles. The van der Waals surface area contributed by atoms with Crippen molar-refractivity contribution in [3.8, 4) is 0 Å². The summed E-state index contributed by atoms with van der Waals surface area (Å²) in [4.78, 5) is 10.5. The standard InChI is InChI=1S/C8H14O/c1-6(2)7(3)5-8(4)9/h7H,1,5H2,2-4H3/t7-/m1/s1. The van der Waals surface area contributed by atoms with E-state index in [1.165, 1.54) is 0 Å². The minimum absolute atomic E-state index is 0.241. The van der Waals surface area contributed by atoms with E-state index in [4.69, 9.17) is 0 Å². The van der Waals surface area contributed by atoms with Crippen LogP contribution < -0.4 is 0 Å².